The van der Waals surface area contributed by atoms with Crippen molar-refractivity contribution in [3.05, 3.63) is 53.1 Å². The van der Waals surface area contributed by atoms with Crippen LogP contribution in [0.3, 0.4) is 0 Å². The van der Waals surface area contributed by atoms with E-state index in [4.69, 9.17) is 37.2 Å². The number of carbonyl (C=O) groups is 1. The van der Waals surface area contributed by atoms with E-state index in [0.29, 0.717) is 0 Å². The van der Waals surface area contributed by atoms with Gasteiger partial charge in [0, 0.05) is 19.8 Å². The molecule has 0 spiro atoms. The van der Waals surface area contributed by atoms with E-state index in [0.717, 1.165) is 18.2 Å². The molecule has 0 saturated carbocycles. The number of alkyl halides is 4. The maximum absolute atomic E-state index is 12.8. The van der Waals surface area contributed by atoms with Crippen LogP contribution < -0.4 is 14.8 Å². The second-order valence-electron chi connectivity index (χ2n) is 5.98. The lowest BCUT2D eigenvalue weighted by Crippen LogP contribution is -2.39. The topological polar surface area (TPSA) is 73.9 Å². The van der Waals surface area contributed by atoms with Crippen LogP contribution in [0.5, 0.6) is 17.2 Å². The first-order valence-electron chi connectivity index (χ1n) is 8.26. The number of ether oxygens (including phenoxy) is 2. The van der Waals surface area contributed by atoms with Crippen molar-refractivity contribution in [2.24, 2.45) is 0 Å². The molecule has 0 aliphatic heterocycles. The van der Waals surface area contributed by atoms with E-state index in [2.05, 4.69) is 5.32 Å². The summed E-state index contributed by atoms with van der Waals surface area (Å²) >= 11 is 11.4. The summed E-state index contributed by atoms with van der Waals surface area (Å²) in [6.07, 6.45) is -4.53. The van der Waals surface area contributed by atoms with Crippen molar-refractivity contribution in [1.82, 2.24) is 5.32 Å². The first-order valence-corrected chi connectivity index (χ1v) is 11.3. The number of amides is 1. The Morgan fingerprint density at radius 1 is 1.20 bits per heavy atom. The molecule has 2 atom stereocenters. The molecular weight excluding hydrogens is 469 g/mol. The van der Waals surface area contributed by atoms with Crippen LogP contribution in [0.4, 0.5) is 13.2 Å². The van der Waals surface area contributed by atoms with Gasteiger partial charge < -0.3 is 19.3 Å². The average Bonchev–Trinajstić information content (AvgIpc) is 2.68. The van der Waals surface area contributed by atoms with E-state index in [1.807, 2.05) is 0 Å². The van der Waals surface area contributed by atoms with Gasteiger partial charge in [0.2, 0.25) is 11.9 Å². The summed E-state index contributed by atoms with van der Waals surface area (Å²) in [7, 11) is -2.20. The summed E-state index contributed by atoms with van der Waals surface area (Å²) in [5, 5.41) is 2.12. The van der Waals surface area contributed by atoms with Crippen LogP contribution in [-0.4, -0.2) is 31.5 Å². The minimum atomic E-state index is -4.53. The van der Waals surface area contributed by atoms with Gasteiger partial charge in [0.25, 0.3) is 7.37 Å². The van der Waals surface area contributed by atoms with Crippen LogP contribution in [0, 0.1) is 0 Å². The highest BCUT2D eigenvalue weighted by atomic mass is 35.5. The Balaban J connectivity index is 2.23. The minimum absolute atomic E-state index is 0.00753. The third kappa shape index (κ3) is 6.54. The van der Waals surface area contributed by atoms with Gasteiger partial charge in [0.05, 0.1) is 10.6 Å². The number of halogens is 5. The highest BCUT2D eigenvalue weighted by Crippen LogP contribution is 2.47. The molecule has 12 heteroatoms. The molecule has 2 unspecified atom stereocenters. The van der Waals surface area contributed by atoms with Gasteiger partial charge in [-0.2, -0.15) is 13.2 Å². The highest BCUT2D eigenvalue weighted by Gasteiger charge is 2.32. The second kappa shape index (κ2) is 9.92. The average molecular weight is 486 g/mol. The molecule has 0 radical (unpaired) electrons. The quantitative estimate of drug-likeness (QED) is 0.294. The summed E-state index contributed by atoms with van der Waals surface area (Å²) in [5.41, 5.74) is -0.909. The van der Waals surface area contributed by atoms with Crippen molar-refractivity contribution in [3.8, 4) is 17.2 Å². The summed E-state index contributed by atoms with van der Waals surface area (Å²) in [4.78, 5) is 11.6. The second-order valence-corrected chi connectivity index (χ2v) is 9.31. The maximum atomic E-state index is 12.8. The molecule has 30 heavy (non-hydrogen) atoms. The first-order chi connectivity index (χ1) is 14.0. The molecule has 164 valence electrons. The summed E-state index contributed by atoms with van der Waals surface area (Å²) in [6, 6.07) is 8.59. The van der Waals surface area contributed by atoms with E-state index >= 15 is 0 Å². The third-order valence-corrected chi connectivity index (χ3v) is 6.08. The number of hydrogen-bond acceptors (Lipinski definition) is 5. The van der Waals surface area contributed by atoms with Gasteiger partial charge in [-0.1, -0.05) is 17.7 Å². The molecule has 1 amide bonds. The van der Waals surface area contributed by atoms with Crippen molar-refractivity contribution in [2.75, 3.05) is 19.7 Å². The van der Waals surface area contributed by atoms with Gasteiger partial charge in [-0.05, 0) is 30.3 Å². The van der Waals surface area contributed by atoms with Crippen LogP contribution >= 0.6 is 30.6 Å². The maximum Gasteiger partial charge on any atom is 0.416 e. The number of nitrogens with one attached hydrogen (secondary N) is 1. The van der Waals surface area contributed by atoms with Crippen LogP contribution in [0.15, 0.2) is 42.5 Å². The predicted molar refractivity (Wildman–Crippen MR) is 107 cm³/mol. The molecule has 6 nitrogen and oxygen atoms in total. The van der Waals surface area contributed by atoms with Crippen LogP contribution in [0.1, 0.15) is 5.56 Å². The lowest BCUT2D eigenvalue weighted by atomic mass is 10.2. The number of hydrogen-bond donors (Lipinski definition) is 1. The van der Waals surface area contributed by atoms with Gasteiger partial charge in [0.15, 0.2) is 0 Å². The zero-order chi connectivity index (χ0) is 22.5. The molecule has 2 aromatic carbocycles. The van der Waals surface area contributed by atoms with Gasteiger partial charge in [-0.3, -0.25) is 9.36 Å². The lowest BCUT2D eigenvalue weighted by molar-refractivity contribution is -0.137. The standard InChI is InChI=1S/C18H17Cl2F3NO5P/c1-27-30(2,26)17(24-16(25)10-19)29-13-5-3-4-12(9-13)28-15-7-6-11(8-14(15)20)18(21,22)23/h3-9,17H,10H2,1-2H3,(H,24,25). The summed E-state index contributed by atoms with van der Waals surface area (Å²) < 4.78 is 66.8. The van der Waals surface area contributed by atoms with Crippen LogP contribution in [0.25, 0.3) is 0 Å². The first kappa shape index (κ1) is 24.3. The van der Waals surface area contributed by atoms with Crippen molar-refractivity contribution < 1.29 is 36.5 Å². The highest BCUT2D eigenvalue weighted by molar-refractivity contribution is 7.58. The number of rotatable bonds is 8. The third-order valence-electron chi connectivity index (χ3n) is 3.73. The predicted octanol–water partition coefficient (Wildman–Crippen LogP) is 5.72. The lowest BCUT2D eigenvalue weighted by Gasteiger charge is -2.24. The number of benzene rings is 2. The normalized spacial score (nSPS) is 14.5. The van der Waals surface area contributed by atoms with Gasteiger partial charge in [0.1, 0.15) is 23.1 Å². The molecular formula is C18H17Cl2F3NO5P. The Hall–Kier alpha value is -1.93. The Kier molecular flexibility index (Phi) is 8.05. The molecule has 0 aromatic heterocycles. The molecule has 0 heterocycles. The van der Waals surface area contributed by atoms with Gasteiger partial charge in [-0.15, -0.1) is 11.6 Å². The fourth-order valence-electron chi connectivity index (χ4n) is 2.14. The van der Waals surface area contributed by atoms with Gasteiger partial charge in [-0.25, -0.2) is 0 Å². The molecule has 0 saturated heterocycles. The fourth-order valence-corrected chi connectivity index (χ4v) is 3.32. The monoisotopic (exact) mass is 485 g/mol. The van der Waals surface area contributed by atoms with E-state index in [-0.39, 0.29) is 28.2 Å². The largest absolute Gasteiger partial charge is 0.461 e. The molecule has 0 aliphatic rings. The summed E-state index contributed by atoms with van der Waals surface area (Å²) in [5.74, 6) is -2.00. The van der Waals surface area contributed by atoms with Crippen molar-refractivity contribution in [2.45, 2.75) is 12.1 Å². The SMILES string of the molecule is COP(C)(=O)C(NC(=O)CCl)Oc1cccc(Oc2ccc(C(F)(F)F)cc2Cl)c1. The molecule has 2 rings (SSSR count). The van der Waals surface area contributed by atoms with Crippen molar-refractivity contribution in [1.29, 1.82) is 0 Å². The molecule has 0 aliphatic carbocycles. The van der Waals surface area contributed by atoms with Crippen LogP contribution in [-0.2, 0) is 20.1 Å². The van der Waals surface area contributed by atoms with Crippen molar-refractivity contribution >= 4 is 36.5 Å². The minimum Gasteiger partial charge on any atom is -0.461 e. The van der Waals surface area contributed by atoms with Crippen LogP contribution in [0.2, 0.25) is 5.02 Å². The van der Waals surface area contributed by atoms with E-state index in [1.54, 1.807) is 0 Å². The molecule has 0 fully saturated rings. The Morgan fingerprint density at radius 3 is 2.43 bits per heavy atom. The zero-order valence-corrected chi connectivity index (χ0v) is 18.1. The van der Waals surface area contributed by atoms with Gasteiger partial charge >= 0.3 is 6.18 Å². The number of carbonyl (C=O) groups excluding carboxylic acids is 1. The molecule has 2 aromatic rings. The van der Waals surface area contributed by atoms with E-state index < -0.39 is 31.0 Å². The zero-order valence-electron chi connectivity index (χ0n) is 15.7. The van der Waals surface area contributed by atoms with E-state index in [9.17, 15) is 22.5 Å². The smallest absolute Gasteiger partial charge is 0.416 e. The van der Waals surface area contributed by atoms with Crippen molar-refractivity contribution in [3.63, 3.8) is 0 Å². The molecule has 0 bridgehead atoms. The fraction of sp³-hybridized carbons (Fsp3) is 0.278. The molecule has 1 N–H and O–H groups in total. The Morgan fingerprint density at radius 2 is 1.87 bits per heavy atom. The summed E-state index contributed by atoms with van der Waals surface area (Å²) in [6.45, 7) is 1.27. The Labute approximate surface area is 180 Å². The Bertz CT molecular complexity index is 958. The van der Waals surface area contributed by atoms with E-state index in [1.165, 1.54) is 38.0 Å².